The number of nitrogens with zero attached hydrogens (tertiary/aromatic N) is 1. The molecule has 0 aromatic rings. The molecule has 1 aliphatic rings. The predicted molar refractivity (Wildman–Crippen MR) is 70.5 cm³/mol. The maximum Gasteiger partial charge on any atom is 0.389 e. The van der Waals surface area contributed by atoms with E-state index in [0.717, 1.165) is 25.9 Å². The number of hydrogen-bond acceptors (Lipinski definition) is 2. The summed E-state index contributed by atoms with van der Waals surface area (Å²) in [6.45, 7) is 3.70. The SMILES string of the molecule is CC(CCCC(F)(F)F)N1CCCC(CCC(=O)O)C1. The third kappa shape index (κ3) is 7.12. The number of halogens is 3. The summed E-state index contributed by atoms with van der Waals surface area (Å²) in [5.74, 6) is -0.412. The van der Waals surface area contributed by atoms with E-state index in [9.17, 15) is 18.0 Å². The van der Waals surface area contributed by atoms with E-state index in [0.29, 0.717) is 18.8 Å². The standard InChI is InChI=1S/C14H24F3NO2/c1-11(4-2-8-14(15,16)17)18-9-3-5-12(10-18)6-7-13(19)20/h11-12H,2-10H2,1H3,(H,19,20). The molecule has 118 valence electrons. The Kier molecular flexibility index (Phi) is 6.79. The molecule has 0 aliphatic carbocycles. The van der Waals surface area contributed by atoms with Crippen molar-refractivity contribution in [2.75, 3.05) is 13.1 Å². The molecule has 1 fully saturated rings. The summed E-state index contributed by atoms with van der Waals surface area (Å²) in [6.07, 6.45) is -1.18. The monoisotopic (exact) mass is 295 g/mol. The second kappa shape index (κ2) is 7.86. The number of alkyl halides is 3. The van der Waals surface area contributed by atoms with Crippen LogP contribution in [0.1, 0.15) is 51.9 Å². The number of carboxylic acid groups (broad SMARTS) is 1. The molecule has 2 unspecified atom stereocenters. The number of likely N-dealkylation sites (tertiary alicyclic amines) is 1. The minimum atomic E-state index is -4.06. The molecule has 1 aliphatic heterocycles. The van der Waals surface area contributed by atoms with Gasteiger partial charge in [0.05, 0.1) is 0 Å². The number of hydrogen-bond donors (Lipinski definition) is 1. The van der Waals surface area contributed by atoms with Crippen LogP contribution in [-0.2, 0) is 4.79 Å². The van der Waals surface area contributed by atoms with Crippen molar-refractivity contribution in [1.29, 1.82) is 0 Å². The second-order valence-electron chi connectivity index (χ2n) is 5.79. The van der Waals surface area contributed by atoms with Gasteiger partial charge in [-0.05, 0) is 51.5 Å². The third-order valence-electron chi connectivity index (χ3n) is 4.02. The van der Waals surface area contributed by atoms with Crippen LogP contribution in [-0.4, -0.2) is 41.3 Å². The minimum Gasteiger partial charge on any atom is -0.481 e. The van der Waals surface area contributed by atoms with Gasteiger partial charge in [0.15, 0.2) is 0 Å². The van der Waals surface area contributed by atoms with Gasteiger partial charge in [-0.1, -0.05) is 0 Å². The largest absolute Gasteiger partial charge is 0.481 e. The number of piperidine rings is 1. The Morgan fingerprint density at radius 1 is 1.45 bits per heavy atom. The van der Waals surface area contributed by atoms with Crippen LogP contribution in [0.2, 0.25) is 0 Å². The van der Waals surface area contributed by atoms with E-state index in [1.165, 1.54) is 0 Å². The zero-order valence-corrected chi connectivity index (χ0v) is 12.0. The average Bonchev–Trinajstić information content (AvgIpc) is 2.35. The van der Waals surface area contributed by atoms with Gasteiger partial charge in [-0.3, -0.25) is 4.79 Å². The van der Waals surface area contributed by atoms with Crippen LogP contribution in [0, 0.1) is 5.92 Å². The first kappa shape index (κ1) is 17.3. The smallest absolute Gasteiger partial charge is 0.389 e. The van der Waals surface area contributed by atoms with Crippen molar-refractivity contribution < 1.29 is 23.1 Å². The van der Waals surface area contributed by atoms with Gasteiger partial charge in [0.1, 0.15) is 0 Å². The van der Waals surface area contributed by atoms with Crippen molar-refractivity contribution in [3.63, 3.8) is 0 Å². The fourth-order valence-electron chi connectivity index (χ4n) is 2.84. The average molecular weight is 295 g/mol. The summed E-state index contributed by atoms with van der Waals surface area (Å²) in [7, 11) is 0. The van der Waals surface area contributed by atoms with Crippen LogP contribution in [0.5, 0.6) is 0 Å². The molecule has 0 aromatic heterocycles. The molecule has 1 saturated heterocycles. The van der Waals surface area contributed by atoms with Crippen molar-refractivity contribution in [2.45, 2.75) is 64.1 Å². The van der Waals surface area contributed by atoms with E-state index in [1.54, 1.807) is 0 Å². The molecule has 6 heteroatoms. The van der Waals surface area contributed by atoms with Crippen LogP contribution in [0.3, 0.4) is 0 Å². The molecule has 1 heterocycles. The lowest BCUT2D eigenvalue weighted by Crippen LogP contribution is -2.41. The summed E-state index contributed by atoms with van der Waals surface area (Å²) >= 11 is 0. The zero-order valence-electron chi connectivity index (χ0n) is 12.0. The van der Waals surface area contributed by atoms with E-state index >= 15 is 0 Å². The molecule has 1 rings (SSSR count). The summed E-state index contributed by atoms with van der Waals surface area (Å²) in [4.78, 5) is 12.8. The number of rotatable bonds is 7. The number of carbonyl (C=O) groups is 1. The maximum atomic E-state index is 12.1. The Bertz CT molecular complexity index is 307. The quantitative estimate of drug-likeness (QED) is 0.779. The molecular weight excluding hydrogens is 271 g/mol. The summed E-state index contributed by atoms with van der Waals surface area (Å²) in [6, 6.07) is 0.143. The van der Waals surface area contributed by atoms with Crippen molar-refractivity contribution >= 4 is 5.97 Å². The van der Waals surface area contributed by atoms with Crippen LogP contribution in [0.25, 0.3) is 0 Å². The molecule has 0 bridgehead atoms. The second-order valence-corrected chi connectivity index (χ2v) is 5.79. The summed E-state index contributed by atoms with van der Waals surface area (Å²) in [5, 5.41) is 8.69. The Balaban J connectivity index is 2.28. The van der Waals surface area contributed by atoms with E-state index in [2.05, 4.69) is 4.90 Å². The van der Waals surface area contributed by atoms with E-state index in [1.807, 2.05) is 6.92 Å². The molecule has 1 N–H and O–H groups in total. The van der Waals surface area contributed by atoms with Crippen LogP contribution < -0.4 is 0 Å². The van der Waals surface area contributed by atoms with Crippen LogP contribution in [0.4, 0.5) is 13.2 Å². The van der Waals surface area contributed by atoms with Gasteiger partial charge < -0.3 is 10.0 Å². The number of aliphatic carboxylic acids is 1. The maximum absolute atomic E-state index is 12.1. The predicted octanol–water partition coefficient (Wildman–Crippen LogP) is 3.68. The highest BCUT2D eigenvalue weighted by Crippen LogP contribution is 2.26. The Morgan fingerprint density at radius 2 is 2.15 bits per heavy atom. The fourth-order valence-corrected chi connectivity index (χ4v) is 2.84. The molecule has 0 radical (unpaired) electrons. The first-order valence-corrected chi connectivity index (χ1v) is 7.30. The van der Waals surface area contributed by atoms with Crippen molar-refractivity contribution in [2.24, 2.45) is 5.92 Å². The van der Waals surface area contributed by atoms with Gasteiger partial charge in [0, 0.05) is 25.4 Å². The van der Waals surface area contributed by atoms with Gasteiger partial charge in [-0.15, -0.1) is 0 Å². The van der Waals surface area contributed by atoms with Crippen LogP contribution >= 0.6 is 0 Å². The zero-order chi connectivity index (χ0) is 15.2. The lowest BCUT2D eigenvalue weighted by Gasteiger charge is -2.37. The van der Waals surface area contributed by atoms with Gasteiger partial charge in [-0.2, -0.15) is 13.2 Å². The summed E-state index contributed by atoms with van der Waals surface area (Å²) in [5.41, 5.74) is 0. The summed E-state index contributed by atoms with van der Waals surface area (Å²) < 4.78 is 36.4. The van der Waals surface area contributed by atoms with Crippen molar-refractivity contribution in [1.82, 2.24) is 4.90 Å². The molecule has 0 amide bonds. The Morgan fingerprint density at radius 3 is 2.75 bits per heavy atom. The first-order chi connectivity index (χ1) is 9.28. The third-order valence-corrected chi connectivity index (χ3v) is 4.02. The van der Waals surface area contributed by atoms with Gasteiger partial charge >= 0.3 is 12.1 Å². The molecule has 2 atom stereocenters. The minimum absolute atomic E-state index is 0.143. The topological polar surface area (TPSA) is 40.5 Å². The Hall–Kier alpha value is -0.780. The van der Waals surface area contributed by atoms with Gasteiger partial charge in [0.25, 0.3) is 0 Å². The number of carboxylic acids is 1. The highest BCUT2D eigenvalue weighted by molar-refractivity contribution is 5.66. The molecule has 0 spiro atoms. The first-order valence-electron chi connectivity index (χ1n) is 7.30. The van der Waals surface area contributed by atoms with Gasteiger partial charge in [-0.25, -0.2) is 0 Å². The lowest BCUT2D eigenvalue weighted by molar-refractivity contribution is -0.137. The molecule has 20 heavy (non-hydrogen) atoms. The van der Waals surface area contributed by atoms with Crippen LogP contribution in [0.15, 0.2) is 0 Å². The van der Waals surface area contributed by atoms with E-state index in [-0.39, 0.29) is 18.9 Å². The fraction of sp³-hybridized carbons (Fsp3) is 0.929. The van der Waals surface area contributed by atoms with Crippen molar-refractivity contribution in [3.05, 3.63) is 0 Å². The molecular formula is C14H24F3NO2. The molecule has 0 aromatic carbocycles. The van der Waals surface area contributed by atoms with E-state index in [4.69, 9.17) is 5.11 Å². The normalized spacial score (nSPS) is 22.7. The van der Waals surface area contributed by atoms with Crippen molar-refractivity contribution in [3.8, 4) is 0 Å². The molecule has 0 saturated carbocycles. The Labute approximate surface area is 118 Å². The van der Waals surface area contributed by atoms with Gasteiger partial charge in [0.2, 0.25) is 0 Å². The lowest BCUT2D eigenvalue weighted by atomic mass is 9.92. The molecule has 3 nitrogen and oxygen atoms in total. The highest BCUT2D eigenvalue weighted by atomic mass is 19.4. The van der Waals surface area contributed by atoms with E-state index < -0.39 is 18.6 Å². The highest BCUT2D eigenvalue weighted by Gasteiger charge is 2.28.